The standard InChI is InChI=1S/C20H14BNO2S/c23-21(24)19-14-7-2-1-6-12(14)13-8-5-9-15(18(13)19)20-22-16-10-3-4-11-17(16)25-20/h1-11,19,23-24H. The fraction of sp³-hybridized carbons (Fsp3) is 0.0500. The van der Waals surface area contributed by atoms with Gasteiger partial charge in [0.1, 0.15) is 5.01 Å². The Bertz CT molecular complexity index is 1070. The smallest absolute Gasteiger partial charge is 0.426 e. The van der Waals surface area contributed by atoms with Gasteiger partial charge in [-0.05, 0) is 34.4 Å². The van der Waals surface area contributed by atoms with E-state index in [0.29, 0.717) is 0 Å². The molecule has 1 aromatic heterocycles. The normalized spacial score (nSPS) is 15.2. The number of para-hydroxylation sites is 1. The Hall–Kier alpha value is -2.47. The summed E-state index contributed by atoms with van der Waals surface area (Å²) in [6, 6.07) is 22.1. The Morgan fingerprint density at radius 1 is 0.800 bits per heavy atom. The number of rotatable bonds is 2. The minimum absolute atomic E-state index is 0.450. The molecule has 0 saturated carbocycles. The zero-order chi connectivity index (χ0) is 17.0. The van der Waals surface area contributed by atoms with E-state index in [2.05, 4.69) is 6.07 Å². The minimum Gasteiger partial charge on any atom is -0.426 e. The SMILES string of the molecule is OB(O)C1c2ccccc2-c2cccc(-c3nc4ccccc4s3)c21. The Morgan fingerprint density at radius 2 is 1.52 bits per heavy atom. The molecule has 120 valence electrons. The molecule has 5 rings (SSSR count). The van der Waals surface area contributed by atoms with Crippen molar-refractivity contribution in [2.45, 2.75) is 5.82 Å². The van der Waals surface area contributed by atoms with Gasteiger partial charge in [0, 0.05) is 11.4 Å². The van der Waals surface area contributed by atoms with E-state index in [4.69, 9.17) is 4.98 Å². The molecule has 5 heteroatoms. The van der Waals surface area contributed by atoms with Crippen LogP contribution in [-0.2, 0) is 0 Å². The van der Waals surface area contributed by atoms with Crippen LogP contribution in [0.1, 0.15) is 16.9 Å². The van der Waals surface area contributed by atoms with E-state index in [-0.39, 0.29) is 0 Å². The molecule has 4 aromatic rings. The van der Waals surface area contributed by atoms with Crippen LogP contribution in [0.5, 0.6) is 0 Å². The first-order chi connectivity index (χ1) is 12.2. The Kier molecular flexibility index (Phi) is 3.28. The lowest BCUT2D eigenvalue weighted by Crippen LogP contribution is -2.23. The molecule has 0 aliphatic heterocycles. The van der Waals surface area contributed by atoms with Crippen LogP contribution in [0.25, 0.3) is 31.9 Å². The summed E-state index contributed by atoms with van der Waals surface area (Å²) in [5.74, 6) is -0.450. The molecule has 0 fully saturated rings. The maximum absolute atomic E-state index is 10.1. The maximum Gasteiger partial charge on any atom is 0.464 e. The van der Waals surface area contributed by atoms with E-state index in [9.17, 15) is 10.0 Å². The topological polar surface area (TPSA) is 53.4 Å². The van der Waals surface area contributed by atoms with E-state index < -0.39 is 12.9 Å². The van der Waals surface area contributed by atoms with Gasteiger partial charge < -0.3 is 10.0 Å². The van der Waals surface area contributed by atoms with Gasteiger partial charge in [-0.2, -0.15) is 0 Å². The molecule has 0 radical (unpaired) electrons. The van der Waals surface area contributed by atoms with Crippen molar-refractivity contribution in [3.05, 3.63) is 77.9 Å². The Balaban J connectivity index is 1.79. The van der Waals surface area contributed by atoms with Gasteiger partial charge in [0.05, 0.1) is 10.2 Å². The average Bonchev–Trinajstić information content (AvgIpc) is 3.20. The molecule has 1 unspecified atom stereocenters. The zero-order valence-electron chi connectivity index (χ0n) is 13.3. The lowest BCUT2D eigenvalue weighted by molar-refractivity contribution is 0.397. The highest BCUT2D eigenvalue weighted by atomic mass is 32.1. The van der Waals surface area contributed by atoms with Crippen LogP contribution >= 0.6 is 11.3 Å². The van der Waals surface area contributed by atoms with Crippen LogP contribution in [0.15, 0.2) is 66.7 Å². The predicted octanol–water partition coefficient (Wildman–Crippen LogP) is 4.09. The van der Waals surface area contributed by atoms with Crippen molar-refractivity contribution in [2.75, 3.05) is 0 Å². The largest absolute Gasteiger partial charge is 0.464 e. The minimum atomic E-state index is -1.45. The lowest BCUT2D eigenvalue weighted by atomic mass is 9.66. The summed E-state index contributed by atoms with van der Waals surface area (Å²) < 4.78 is 1.13. The molecule has 2 N–H and O–H groups in total. The van der Waals surface area contributed by atoms with Gasteiger partial charge in [0.2, 0.25) is 0 Å². The van der Waals surface area contributed by atoms with Gasteiger partial charge in [0.15, 0.2) is 0 Å². The van der Waals surface area contributed by atoms with Crippen LogP contribution in [0.4, 0.5) is 0 Å². The highest BCUT2D eigenvalue weighted by Crippen LogP contribution is 2.49. The van der Waals surface area contributed by atoms with Crippen molar-refractivity contribution in [2.24, 2.45) is 0 Å². The predicted molar refractivity (Wildman–Crippen MR) is 103 cm³/mol. The van der Waals surface area contributed by atoms with Crippen molar-refractivity contribution in [1.82, 2.24) is 4.98 Å². The van der Waals surface area contributed by atoms with Gasteiger partial charge in [-0.25, -0.2) is 4.98 Å². The number of nitrogens with zero attached hydrogens (tertiary/aromatic N) is 1. The molecule has 1 aliphatic rings. The van der Waals surface area contributed by atoms with Crippen LogP contribution in [-0.4, -0.2) is 22.2 Å². The highest BCUT2D eigenvalue weighted by molar-refractivity contribution is 7.21. The van der Waals surface area contributed by atoms with Gasteiger partial charge in [0.25, 0.3) is 0 Å². The van der Waals surface area contributed by atoms with E-state index in [1.807, 2.05) is 60.7 Å². The summed E-state index contributed by atoms with van der Waals surface area (Å²) in [5.41, 5.74) is 5.99. The summed E-state index contributed by atoms with van der Waals surface area (Å²) in [7, 11) is -1.45. The number of aromatic nitrogens is 1. The molecule has 3 nitrogen and oxygen atoms in total. The first kappa shape index (κ1) is 14.8. The number of hydrogen-bond acceptors (Lipinski definition) is 4. The first-order valence-electron chi connectivity index (χ1n) is 8.18. The molecule has 1 atom stereocenters. The van der Waals surface area contributed by atoms with Crippen molar-refractivity contribution < 1.29 is 10.0 Å². The van der Waals surface area contributed by atoms with Crippen molar-refractivity contribution >= 4 is 28.7 Å². The summed E-state index contributed by atoms with van der Waals surface area (Å²) in [4.78, 5) is 4.77. The molecule has 0 saturated heterocycles. The first-order valence-corrected chi connectivity index (χ1v) is 9.00. The Morgan fingerprint density at radius 3 is 2.36 bits per heavy atom. The monoisotopic (exact) mass is 343 g/mol. The van der Waals surface area contributed by atoms with Crippen LogP contribution in [0.3, 0.4) is 0 Å². The van der Waals surface area contributed by atoms with Crippen molar-refractivity contribution in [1.29, 1.82) is 0 Å². The summed E-state index contributed by atoms with van der Waals surface area (Å²) in [5, 5.41) is 21.1. The molecule has 1 aliphatic carbocycles. The third kappa shape index (κ3) is 2.17. The maximum atomic E-state index is 10.1. The van der Waals surface area contributed by atoms with Crippen LogP contribution < -0.4 is 0 Å². The zero-order valence-corrected chi connectivity index (χ0v) is 14.1. The second kappa shape index (κ2) is 5.53. The fourth-order valence-electron chi connectivity index (χ4n) is 3.79. The van der Waals surface area contributed by atoms with E-state index in [1.54, 1.807) is 11.3 Å². The van der Waals surface area contributed by atoms with E-state index in [1.165, 1.54) is 0 Å². The fourth-order valence-corrected chi connectivity index (χ4v) is 4.79. The van der Waals surface area contributed by atoms with E-state index in [0.717, 1.165) is 43.0 Å². The number of hydrogen-bond donors (Lipinski definition) is 2. The number of benzene rings is 3. The molecule has 0 amide bonds. The summed E-state index contributed by atoms with van der Waals surface area (Å²) in [6.07, 6.45) is 0. The third-order valence-electron chi connectivity index (χ3n) is 4.83. The molecule has 0 bridgehead atoms. The van der Waals surface area contributed by atoms with Gasteiger partial charge in [-0.15, -0.1) is 11.3 Å². The summed E-state index contributed by atoms with van der Waals surface area (Å²) in [6.45, 7) is 0. The van der Waals surface area contributed by atoms with Crippen LogP contribution in [0.2, 0.25) is 0 Å². The van der Waals surface area contributed by atoms with Gasteiger partial charge in [-0.3, -0.25) is 0 Å². The number of fused-ring (bicyclic) bond motifs is 4. The molecular formula is C20H14BNO2S. The molecule has 1 heterocycles. The molecule has 0 spiro atoms. The highest BCUT2D eigenvalue weighted by Gasteiger charge is 2.38. The van der Waals surface area contributed by atoms with E-state index >= 15 is 0 Å². The van der Waals surface area contributed by atoms with Gasteiger partial charge >= 0.3 is 7.12 Å². The van der Waals surface area contributed by atoms with Crippen LogP contribution in [0, 0.1) is 0 Å². The van der Waals surface area contributed by atoms with Crippen molar-refractivity contribution in [3.63, 3.8) is 0 Å². The Labute approximate surface area is 149 Å². The second-order valence-corrected chi connectivity index (χ2v) is 7.26. The quantitative estimate of drug-likeness (QED) is 0.539. The molecule has 3 aromatic carbocycles. The number of thiazole rings is 1. The van der Waals surface area contributed by atoms with Gasteiger partial charge in [-0.1, -0.05) is 54.6 Å². The van der Waals surface area contributed by atoms with Crippen molar-refractivity contribution in [3.8, 4) is 21.7 Å². The third-order valence-corrected chi connectivity index (χ3v) is 5.90. The summed E-state index contributed by atoms with van der Waals surface area (Å²) >= 11 is 1.63. The lowest BCUT2D eigenvalue weighted by Gasteiger charge is -2.15. The second-order valence-electron chi connectivity index (χ2n) is 6.23. The average molecular weight is 343 g/mol. The molecule has 25 heavy (non-hydrogen) atoms. The molecular weight excluding hydrogens is 329 g/mol.